The molecule has 0 unspecified atom stereocenters. The zero-order valence-electron chi connectivity index (χ0n) is 21.5. The summed E-state index contributed by atoms with van der Waals surface area (Å²) in [5, 5.41) is 7.55. The molecule has 39 heavy (non-hydrogen) atoms. The second-order valence-electron chi connectivity index (χ2n) is 10.5. The van der Waals surface area contributed by atoms with Crippen molar-refractivity contribution in [2.75, 3.05) is 5.73 Å². The highest BCUT2D eigenvalue weighted by atomic mass is 19.4. The average Bonchev–Trinajstić information content (AvgIpc) is 3.25. The predicted octanol–water partition coefficient (Wildman–Crippen LogP) is 6.23. The molecule has 0 aliphatic heterocycles. The first-order valence-corrected chi connectivity index (χ1v) is 12.5. The summed E-state index contributed by atoms with van der Waals surface area (Å²) in [7, 11) is 0. The number of aromatic nitrogens is 2. The van der Waals surface area contributed by atoms with Crippen LogP contribution in [0.3, 0.4) is 0 Å². The van der Waals surface area contributed by atoms with Crippen molar-refractivity contribution in [1.29, 1.82) is 0 Å². The number of hydrogen-bond donors (Lipinski definition) is 2. The number of nitrogen functional groups attached to an aromatic ring is 1. The van der Waals surface area contributed by atoms with Gasteiger partial charge in [0.15, 0.2) is 5.78 Å². The van der Waals surface area contributed by atoms with Gasteiger partial charge in [-0.3, -0.25) is 9.59 Å². The van der Waals surface area contributed by atoms with Gasteiger partial charge >= 0.3 is 6.18 Å². The molecule has 0 spiro atoms. The highest BCUT2D eigenvalue weighted by Crippen LogP contribution is 2.41. The van der Waals surface area contributed by atoms with Gasteiger partial charge in [0.2, 0.25) is 0 Å². The second-order valence-corrected chi connectivity index (χ2v) is 10.5. The molecule has 4 aromatic rings. The number of hydrogen-bond acceptors (Lipinski definition) is 4. The Labute approximate surface area is 223 Å². The third-order valence-corrected chi connectivity index (χ3v) is 6.84. The normalized spacial score (nSPS) is 14.6. The van der Waals surface area contributed by atoms with Crippen LogP contribution < -0.4 is 11.1 Å². The number of benzene rings is 3. The summed E-state index contributed by atoms with van der Waals surface area (Å²) in [5.41, 5.74) is 9.10. The van der Waals surface area contributed by atoms with E-state index in [0.29, 0.717) is 46.7 Å². The van der Waals surface area contributed by atoms with Crippen molar-refractivity contribution in [1.82, 2.24) is 15.1 Å². The Bertz CT molecular complexity index is 1560. The summed E-state index contributed by atoms with van der Waals surface area (Å²) in [6.45, 7) is 4.32. The van der Waals surface area contributed by atoms with Crippen molar-refractivity contribution in [3.05, 3.63) is 101 Å². The van der Waals surface area contributed by atoms with Crippen LogP contribution in [-0.2, 0) is 19.1 Å². The Morgan fingerprint density at radius 1 is 1.03 bits per heavy atom. The van der Waals surface area contributed by atoms with Crippen LogP contribution in [0, 0.1) is 5.41 Å². The fraction of sp³-hybridized carbons (Fsp3) is 0.233. The molecule has 6 nitrogen and oxygen atoms in total. The molecular weight excluding hydrogens is 505 g/mol. The maximum Gasteiger partial charge on any atom is 0.416 e. The van der Waals surface area contributed by atoms with Crippen LogP contribution in [0.2, 0.25) is 0 Å². The number of nitrogens with two attached hydrogens (primary N) is 1. The summed E-state index contributed by atoms with van der Waals surface area (Å²) in [6.07, 6.45) is -3.67. The van der Waals surface area contributed by atoms with Crippen molar-refractivity contribution in [3.63, 3.8) is 0 Å². The van der Waals surface area contributed by atoms with Crippen molar-refractivity contribution < 1.29 is 22.8 Å². The maximum atomic E-state index is 13.3. The Morgan fingerprint density at radius 3 is 2.36 bits per heavy atom. The largest absolute Gasteiger partial charge is 0.416 e. The van der Waals surface area contributed by atoms with Gasteiger partial charge in [-0.1, -0.05) is 56.3 Å². The number of anilines is 1. The number of alkyl halides is 3. The van der Waals surface area contributed by atoms with Gasteiger partial charge in [0, 0.05) is 24.1 Å². The van der Waals surface area contributed by atoms with Gasteiger partial charge in [-0.2, -0.15) is 18.3 Å². The summed E-state index contributed by atoms with van der Waals surface area (Å²) < 4.78 is 40.9. The molecule has 3 aromatic carbocycles. The van der Waals surface area contributed by atoms with Crippen LogP contribution in [0.25, 0.3) is 16.9 Å². The van der Waals surface area contributed by atoms with E-state index < -0.39 is 11.7 Å². The number of carbonyl (C=O) groups excluding carboxylic acids is 2. The summed E-state index contributed by atoms with van der Waals surface area (Å²) in [6, 6.07) is 19.0. The molecular formula is C30H27F3N4O2. The molecule has 1 aliphatic rings. The predicted molar refractivity (Wildman–Crippen MR) is 142 cm³/mol. The minimum atomic E-state index is -4.47. The van der Waals surface area contributed by atoms with E-state index in [1.807, 2.05) is 44.2 Å². The van der Waals surface area contributed by atoms with Crippen LogP contribution in [0.1, 0.15) is 57.8 Å². The molecule has 1 heterocycles. The summed E-state index contributed by atoms with van der Waals surface area (Å²) >= 11 is 0. The molecule has 0 saturated heterocycles. The second kappa shape index (κ2) is 9.72. The average molecular weight is 533 g/mol. The molecule has 0 fully saturated rings. The van der Waals surface area contributed by atoms with Crippen LogP contribution >= 0.6 is 0 Å². The van der Waals surface area contributed by atoms with Gasteiger partial charge in [-0.15, -0.1) is 0 Å². The van der Waals surface area contributed by atoms with E-state index in [1.165, 1.54) is 12.1 Å². The Kier molecular flexibility index (Phi) is 6.54. The lowest BCUT2D eigenvalue weighted by Gasteiger charge is -2.29. The molecule has 5 rings (SSSR count). The van der Waals surface area contributed by atoms with E-state index in [1.54, 1.807) is 22.9 Å². The van der Waals surface area contributed by atoms with Crippen LogP contribution in [0.5, 0.6) is 0 Å². The quantitative estimate of drug-likeness (QED) is 0.299. The molecule has 200 valence electrons. The van der Waals surface area contributed by atoms with Gasteiger partial charge in [-0.05, 0) is 47.7 Å². The fourth-order valence-electron chi connectivity index (χ4n) is 4.94. The number of halogens is 3. The molecule has 3 N–H and O–H groups in total. The molecule has 1 aromatic heterocycles. The van der Waals surface area contributed by atoms with Crippen molar-refractivity contribution in [2.24, 2.45) is 5.41 Å². The monoisotopic (exact) mass is 532 g/mol. The first-order chi connectivity index (χ1) is 18.4. The molecule has 0 atom stereocenters. The minimum absolute atomic E-state index is 0.127. The number of fused-ring (bicyclic) bond motifs is 1. The number of nitrogens with one attached hydrogen (secondary N) is 1. The third-order valence-electron chi connectivity index (χ3n) is 6.84. The van der Waals surface area contributed by atoms with Crippen LogP contribution in [0.15, 0.2) is 72.8 Å². The molecule has 0 radical (unpaired) electrons. The van der Waals surface area contributed by atoms with Gasteiger partial charge in [-0.25, -0.2) is 4.68 Å². The SMILES string of the molecule is CC1(C)CC(=O)c2c(-c3ccc(C(F)(F)F)cc3)nn(-c3ccc(C(=O)NCc4ccccc4)cc3N)c2C1. The first-order valence-electron chi connectivity index (χ1n) is 12.5. The number of carbonyl (C=O) groups is 2. The van der Waals surface area contributed by atoms with Crippen LogP contribution in [-0.4, -0.2) is 21.5 Å². The third kappa shape index (κ3) is 5.30. The van der Waals surface area contributed by atoms with E-state index in [0.717, 1.165) is 17.7 Å². The van der Waals surface area contributed by atoms with Crippen molar-refractivity contribution in [2.45, 2.75) is 39.4 Å². The topological polar surface area (TPSA) is 90.0 Å². The lowest BCUT2D eigenvalue weighted by atomic mass is 9.75. The minimum Gasteiger partial charge on any atom is -0.397 e. The van der Waals surface area contributed by atoms with Crippen molar-refractivity contribution >= 4 is 17.4 Å². The van der Waals surface area contributed by atoms with Gasteiger partial charge in [0.25, 0.3) is 5.91 Å². The molecule has 1 amide bonds. The van der Waals surface area contributed by atoms with E-state index in [-0.39, 0.29) is 29.2 Å². The Morgan fingerprint density at radius 2 is 1.72 bits per heavy atom. The number of Topliss-reactive ketones (excluding diaryl/α,β-unsaturated/α-hetero) is 1. The fourth-order valence-corrected chi connectivity index (χ4v) is 4.94. The van der Waals surface area contributed by atoms with E-state index >= 15 is 0 Å². The lowest BCUT2D eigenvalue weighted by Crippen LogP contribution is -2.28. The highest BCUT2D eigenvalue weighted by Gasteiger charge is 2.37. The Balaban J connectivity index is 1.52. The maximum absolute atomic E-state index is 13.3. The standard InChI is InChI=1S/C30H27F3N4O2/c1-29(2)15-24-26(25(38)16-29)27(19-8-11-21(12-9-19)30(31,32)33)36-37(24)23-13-10-20(14-22(23)34)28(39)35-17-18-6-4-3-5-7-18/h3-14H,15-17,34H2,1-2H3,(H,35,39). The van der Waals surface area contributed by atoms with Gasteiger partial charge in [0.05, 0.1) is 28.2 Å². The number of ketones is 1. The lowest BCUT2D eigenvalue weighted by molar-refractivity contribution is -0.137. The number of amides is 1. The van der Waals surface area contributed by atoms with Crippen LogP contribution in [0.4, 0.5) is 18.9 Å². The van der Waals surface area contributed by atoms with Crippen molar-refractivity contribution in [3.8, 4) is 16.9 Å². The molecule has 0 saturated carbocycles. The van der Waals surface area contributed by atoms with Gasteiger partial charge < -0.3 is 11.1 Å². The first kappa shape index (κ1) is 26.2. The number of nitrogens with zero attached hydrogens (tertiary/aromatic N) is 2. The summed E-state index contributed by atoms with van der Waals surface area (Å²) in [4.78, 5) is 26.0. The molecule has 9 heteroatoms. The molecule has 1 aliphatic carbocycles. The smallest absolute Gasteiger partial charge is 0.397 e. The zero-order valence-corrected chi connectivity index (χ0v) is 21.5. The Hall–Kier alpha value is -4.40. The molecule has 0 bridgehead atoms. The van der Waals surface area contributed by atoms with E-state index in [9.17, 15) is 22.8 Å². The van der Waals surface area contributed by atoms with E-state index in [4.69, 9.17) is 5.73 Å². The van der Waals surface area contributed by atoms with E-state index in [2.05, 4.69) is 10.4 Å². The zero-order chi connectivity index (χ0) is 27.9. The summed E-state index contributed by atoms with van der Waals surface area (Å²) in [5.74, 6) is -0.417. The van der Waals surface area contributed by atoms with Gasteiger partial charge in [0.1, 0.15) is 5.69 Å². The highest BCUT2D eigenvalue weighted by molar-refractivity contribution is 6.04. The number of rotatable bonds is 5.